The lowest BCUT2D eigenvalue weighted by atomic mass is 10.2. The first-order chi connectivity index (χ1) is 10.6. The minimum Gasteiger partial charge on any atom is -0.483 e. The maximum absolute atomic E-state index is 12.1. The van der Waals surface area contributed by atoms with E-state index in [0.717, 1.165) is 44.8 Å². The summed E-state index contributed by atoms with van der Waals surface area (Å²) in [5.41, 5.74) is -0.119. The van der Waals surface area contributed by atoms with Crippen molar-refractivity contribution in [3.63, 3.8) is 0 Å². The van der Waals surface area contributed by atoms with Crippen molar-refractivity contribution in [2.45, 2.75) is 25.7 Å². The van der Waals surface area contributed by atoms with Crippen LogP contribution in [0.1, 0.15) is 36.0 Å². The molecule has 0 saturated carbocycles. The highest BCUT2D eigenvalue weighted by Crippen LogP contribution is 2.23. The van der Waals surface area contributed by atoms with E-state index in [1.54, 1.807) is 4.90 Å². The third-order valence-electron chi connectivity index (χ3n) is 3.64. The molecule has 0 radical (unpaired) electrons. The van der Waals surface area contributed by atoms with Crippen LogP contribution in [-0.2, 0) is 4.79 Å². The molecule has 0 aromatic heterocycles. The highest BCUT2D eigenvalue weighted by molar-refractivity contribution is 5.82. The summed E-state index contributed by atoms with van der Waals surface area (Å²) in [6, 6.07) is 3.73. The van der Waals surface area contributed by atoms with Crippen molar-refractivity contribution >= 4 is 17.9 Å². The molecule has 0 spiro atoms. The van der Waals surface area contributed by atoms with E-state index in [-0.39, 0.29) is 29.5 Å². The van der Waals surface area contributed by atoms with Gasteiger partial charge in [-0.2, -0.15) is 0 Å². The van der Waals surface area contributed by atoms with E-state index < -0.39 is 4.92 Å². The first-order valence-electron chi connectivity index (χ1n) is 7.26. The second-order valence-corrected chi connectivity index (χ2v) is 5.18. The second-order valence-electron chi connectivity index (χ2n) is 5.18. The van der Waals surface area contributed by atoms with Crippen LogP contribution < -0.4 is 4.74 Å². The van der Waals surface area contributed by atoms with Gasteiger partial charge in [-0.1, -0.05) is 12.8 Å². The van der Waals surface area contributed by atoms with Gasteiger partial charge in [-0.05, 0) is 18.9 Å². The summed E-state index contributed by atoms with van der Waals surface area (Å²) in [5.74, 6) is 0.0564. The van der Waals surface area contributed by atoms with Crippen LogP contribution in [-0.4, -0.2) is 41.7 Å². The third kappa shape index (κ3) is 4.03. The fraction of sp³-hybridized carbons (Fsp3) is 0.467. The van der Waals surface area contributed by atoms with Gasteiger partial charge < -0.3 is 9.64 Å². The van der Waals surface area contributed by atoms with Gasteiger partial charge in [0.05, 0.1) is 10.5 Å². The number of benzene rings is 1. The highest BCUT2D eigenvalue weighted by Gasteiger charge is 2.17. The Bertz CT molecular complexity index is 565. The molecule has 7 heteroatoms. The molecule has 118 valence electrons. The van der Waals surface area contributed by atoms with E-state index >= 15 is 0 Å². The molecule has 0 unspecified atom stereocenters. The van der Waals surface area contributed by atoms with Crippen LogP contribution in [0.5, 0.6) is 5.75 Å². The SMILES string of the molecule is O=Cc1cc([N+](=O)[O-])ccc1OCC(=O)N1CCCCCC1. The van der Waals surface area contributed by atoms with Gasteiger partial charge in [0.2, 0.25) is 0 Å². The number of nitro benzene ring substituents is 1. The molecule has 1 saturated heterocycles. The maximum atomic E-state index is 12.1. The van der Waals surface area contributed by atoms with Crippen molar-refractivity contribution in [2.24, 2.45) is 0 Å². The van der Waals surface area contributed by atoms with Gasteiger partial charge in [0.15, 0.2) is 12.9 Å². The molecular formula is C15H18N2O5. The monoisotopic (exact) mass is 306 g/mol. The Kier molecular flexibility index (Phi) is 5.46. The smallest absolute Gasteiger partial charge is 0.270 e. The number of non-ortho nitro benzene ring substituents is 1. The molecule has 22 heavy (non-hydrogen) atoms. The van der Waals surface area contributed by atoms with Gasteiger partial charge in [-0.3, -0.25) is 19.7 Å². The van der Waals surface area contributed by atoms with Crippen LogP contribution in [0.2, 0.25) is 0 Å². The summed E-state index contributed by atoms with van der Waals surface area (Å²) in [5, 5.41) is 10.7. The molecule has 1 amide bonds. The summed E-state index contributed by atoms with van der Waals surface area (Å²) in [4.78, 5) is 35.0. The van der Waals surface area contributed by atoms with E-state index in [1.807, 2.05) is 0 Å². The number of carbonyl (C=O) groups is 2. The maximum Gasteiger partial charge on any atom is 0.270 e. The van der Waals surface area contributed by atoms with Crippen molar-refractivity contribution in [3.05, 3.63) is 33.9 Å². The normalized spacial score (nSPS) is 15.0. The first kappa shape index (κ1) is 15.9. The average molecular weight is 306 g/mol. The molecule has 1 heterocycles. The Hall–Kier alpha value is -2.44. The van der Waals surface area contributed by atoms with Gasteiger partial charge in [0, 0.05) is 25.2 Å². The highest BCUT2D eigenvalue weighted by atomic mass is 16.6. The van der Waals surface area contributed by atoms with Crippen LogP contribution in [0.4, 0.5) is 5.69 Å². The molecule has 0 bridgehead atoms. The number of hydrogen-bond acceptors (Lipinski definition) is 5. The van der Waals surface area contributed by atoms with Gasteiger partial charge in [-0.15, -0.1) is 0 Å². The van der Waals surface area contributed by atoms with Crippen LogP contribution in [0.15, 0.2) is 18.2 Å². The number of aldehydes is 1. The van der Waals surface area contributed by atoms with Gasteiger partial charge >= 0.3 is 0 Å². The number of nitrogens with zero attached hydrogens (tertiary/aromatic N) is 2. The lowest BCUT2D eigenvalue weighted by Gasteiger charge is -2.20. The number of nitro groups is 1. The Labute approximate surface area is 128 Å². The minimum absolute atomic E-state index is 0.0675. The molecule has 0 atom stereocenters. The van der Waals surface area contributed by atoms with E-state index in [0.29, 0.717) is 6.29 Å². The number of rotatable bonds is 5. The number of likely N-dealkylation sites (tertiary alicyclic amines) is 1. The van der Waals surface area contributed by atoms with Crippen molar-refractivity contribution < 1.29 is 19.2 Å². The quantitative estimate of drug-likeness (QED) is 0.472. The first-order valence-corrected chi connectivity index (χ1v) is 7.26. The topological polar surface area (TPSA) is 89.7 Å². The van der Waals surface area contributed by atoms with Gasteiger partial charge in [-0.25, -0.2) is 0 Å². The van der Waals surface area contributed by atoms with Crippen molar-refractivity contribution in [1.29, 1.82) is 0 Å². The number of carbonyl (C=O) groups excluding carboxylic acids is 2. The molecule has 2 rings (SSSR count). The summed E-state index contributed by atoms with van der Waals surface area (Å²) in [6.07, 6.45) is 4.72. The Morgan fingerprint density at radius 3 is 2.55 bits per heavy atom. The van der Waals surface area contributed by atoms with Gasteiger partial charge in [0.1, 0.15) is 5.75 Å². The lowest BCUT2D eigenvalue weighted by Crippen LogP contribution is -2.35. The fourth-order valence-electron chi connectivity index (χ4n) is 2.42. The molecule has 1 aliphatic heterocycles. The van der Waals surface area contributed by atoms with E-state index in [1.165, 1.54) is 12.1 Å². The molecule has 1 aliphatic rings. The van der Waals surface area contributed by atoms with Crippen molar-refractivity contribution in [3.8, 4) is 5.75 Å². The standard InChI is InChI=1S/C15H18N2O5/c18-10-12-9-13(17(20)21)5-6-14(12)22-11-15(19)16-7-3-1-2-4-8-16/h5-6,9-10H,1-4,7-8,11H2. The predicted octanol–water partition coefficient (Wildman–Crippen LogP) is 2.19. The largest absolute Gasteiger partial charge is 0.483 e. The Morgan fingerprint density at radius 1 is 1.27 bits per heavy atom. The van der Waals surface area contributed by atoms with Crippen LogP contribution >= 0.6 is 0 Å². The van der Waals surface area contributed by atoms with Crippen molar-refractivity contribution in [1.82, 2.24) is 4.90 Å². The molecule has 7 nitrogen and oxygen atoms in total. The summed E-state index contributed by atoms with van der Waals surface area (Å²) in [7, 11) is 0. The summed E-state index contributed by atoms with van der Waals surface area (Å²) >= 11 is 0. The molecule has 1 fully saturated rings. The van der Waals surface area contributed by atoms with Crippen LogP contribution in [0.3, 0.4) is 0 Å². The van der Waals surface area contributed by atoms with E-state index in [9.17, 15) is 19.7 Å². The zero-order valence-corrected chi connectivity index (χ0v) is 12.2. The van der Waals surface area contributed by atoms with Crippen LogP contribution in [0, 0.1) is 10.1 Å². The molecule has 0 aliphatic carbocycles. The molecule has 0 N–H and O–H groups in total. The van der Waals surface area contributed by atoms with Crippen molar-refractivity contribution in [2.75, 3.05) is 19.7 Å². The van der Waals surface area contributed by atoms with E-state index in [4.69, 9.17) is 4.74 Å². The molecule has 1 aromatic carbocycles. The third-order valence-corrected chi connectivity index (χ3v) is 3.64. The number of amides is 1. The average Bonchev–Trinajstić information content (AvgIpc) is 2.81. The summed E-state index contributed by atoms with van der Waals surface area (Å²) in [6.45, 7) is 1.28. The second kappa shape index (κ2) is 7.53. The van der Waals surface area contributed by atoms with E-state index in [2.05, 4.69) is 0 Å². The number of hydrogen-bond donors (Lipinski definition) is 0. The zero-order chi connectivity index (χ0) is 15.9. The number of ether oxygens (including phenoxy) is 1. The zero-order valence-electron chi connectivity index (χ0n) is 12.2. The lowest BCUT2D eigenvalue weighted by molar-refractivity contribution is -0.384. The summed E-state index contributed by atoms with van der Waals surface area (Å²) < 4.78 is 5.37. The molecular weight excluding hydrogens is 288 g/mol. The molecule has 1 aromatic rings. The van der Waals surface area contributed by atoms with Gasteiger partial charge in [0.25, 0.3) is 11.6 Å². The fourth-order valence-corrected chi connectivity index (χ4v) is 2.42. The Morgan fingerprint density at radius 2 is 1.95 bits per heavy atom. The van der Waals surface area contributed by atoms with Crippen LogP contribution in [0.25, 0.3) is 0 Å². The predicted molar refractivity (Wildman–Crippen MR) is 79.0 cm³/mol. The Balaban J connectivity index is 1.99. The minimum atomic E-state index is -0.584.